The van der Waals surface area contributed by atoms with Gasteiger partial charge < -0.3 is 0 Å². The highest BCUT2D eigenvalue weighted by atomic mass is 32.2. The molecule has 4 bridgehead atoms. The Morgan fingerprint density at radius 1 is 0.654 bits per heavy atom. The smallest absolute Gasteiger partial charge is 0.274 e. The van der Waals surface area contributed by atoms with Gasteiger partial charge in [-0.05, 0) is 46.5 Å². The normalized spacial score (nSPS) is 13.9. The summed E-state index contributed by atoms with van der Waals surface area (Å²) in [6, 6.07) is 11.3. The first-order valence-corrected chi connectivity index (χ1v) is 10.2. The average Bonchev–Trinajstić information content (AvgIpc) is 2.65. The Morgan fingerprint density at radius 2 is 0.962 bits per heavy atom. The number of nitrogens with one attached hydrogen (secondary N) is 2. The highest BCUT2D eigenvalue weighted by molar-refractivity contribution is 7.98. The van der Waals surface area contributed by atoms with E-state index in [4.69, 9.17) is 10.4 Å². The van der Waals surface area contributed by atoms with E-state index in [-0.39, 0.29) is 0 Å². The maximum absolute atomic E-state index is 11.8. The lowest BCUT2D eigenvalue weighted by Gasteiger charge is -2.13. The van der Waals surface area contributed by atoms with Gasteiger partial charge in [0, 0.05) is 34.1 Å². The predicted octanol–water partition coefficient (Wildman–Crippen LogP) is 3.10. The number of rotatable bonds is 2. The molecular formula is C18H18N2O4S2. The van der Waals surface area contributed by atoms with Gasteiger partial charge in [-0.25, -0.2) is 11.0 Å². The topological polar surface area (TPSA) is 98.7 Å². The Morgan fingerprint density at radius 3 is 1.23 bits per heavy atom. The van der Waals surface area contributed by atoms with Gasteiger partial charge in [-0.3, -0.25) is 20.0 Å². The van der Waals surface area contributed by atoms with Gasteiger partial charge in [-0.2, -0.15) is 23.5 Å². The van der Waals surface area contributed by atoms with Crippen molar-refractivity contribution in [3.05, 3.63) is 69.8 Å². The molecule has 0 saturated carbocycles. The van der Waals surface area contributed by atoms with Crippen molar-refractivity contribution < 1.29 is 20.0 Å². The Hall–Kier alpha value is -2.00. The molecule has 2 aromatic rings. The molecule has 0 saturated heterocycles. The third-order valence-electron chi connectivity index (χ3n) is 3.91. The molecule has 1 heterocycles. The third kappa shape index (κ3) is 4.59. The maximum atomic E-state index is 11.8. The summed E-state index contributed by atoms with van der Waals surface area (Å²) in [5.74, 6) is 1.79. The molecule has 1 aliphatic rings. The Bertz CT molecular complexity index is 728. The number of benzene rings is 2. The van der Waals surface area contributed by atoms with E-state index < -0.39 is 11.8 Å². The highest BCUT2D eigenvalue weighted by Gasteiger charge is 2.12. The summed E-state index contributed by atoms with van der Waals surface area (Å²) in [7, 11) is 0. The predicted molar refractivity (Wildman–Crippen MR) is 101 cm³/mol. The number of hydrogen-bond donors (Lipinski definition) is 4. The number of hydrogen-bond acceptors (Lipinski definition) is 6. The molecule has 3 rings (SSSR count). The zero-order valence-corrected chi connectivity index (χ0v) is 15.5. The number of amides is 2. The van der Waals surface area contributed by atoms with Gasteiger partial charge in [0.05, 0.1) is 0 Å². The molecule has 4 N–H and O–H groups in total. The summed E-state index contributed by atoms with van der Waals surface area (Å²) in [5, 5.41) is 17.8. The summed E-state index contributed by atoms with van der Waals surface area (Å²) in [4.78, 5) is 23.5. The van der Waals surface area contributed by atoms with Crippen LogP contribution in [-0.4, -0.2) is 22.2 Å². The summed E-state index contributed by atoms with van der Waals surface area (Å²) in [6.07, 6.45) is 0. The minimum atomic E-state index is -0.514. The van der Waals surface area contributed by atoms with Crippen LogP contribution < -0.4 is 11.0 Å². The zero-order valence-electron chi connectivity index (χ0n) is 13.8. The molecule has 6 nitrogen and oxygen atoms in total. The fraction of sp³-hybridized carbons (Fsp3) is 0.222. The second kappa shape index (κ2) is 8.59. The fourth-order valence-electron chi connectivity index (χ4n) is 2.82. The van der Waals surface area contributed by atoms with Crippen LogP contribution in [0.15, 0.2) is 36.4 Å². The van der Waals surface area contributed by atoms with Gasteiger partial charge in [-0.1, -0.05) is 12.1 Å². The number of hydroxylamine groups is 2. The van der Waals surface area contributed by atoms with Crippen LogP contribution >= 0.6 is 23.5 Å². The fourth-order valence-corrected chi connectivity index (χ4v) is 4.64. The lowest BCUT2D eigenvalue weighted by atomic mass is 10.1. The van der Waals surface area contributed by atoms with Gasteiger partial charge in [0.15, 0.2) is 0 Å². The molecule has 136 valence electrons. The van der Waals surface area contributed by atoms with E-state index in [9.17, 15) is 9.59 Å². The third-order valence-corrected chi connectivity index (χ3v) is 6.06. The van der Waals surface area contributed by atoms with Crippen molar-refractivity contribution in [3.8, 4) is 0 Å². The van der Waals surface area contributed by atoms with E-state index in [1.165, 1.54) is 0 Å². The molecule has 2 aromatic carbocycles. The van der Waals surface area contributed by atoms with Crippen LogP contribution in [0.5, 0.6) is 0 Å². The van der Waals surface area contributed by atoms with E-state index in [1.807, 2.05) is 0 Å². The van der Waals surface area contributed by atoms with E-state index in [2.05, 4.69) is 12.1 Å². The van der Waals surface area contributed by atoms with Crippen molar-refractivity contribution in [3.63, 3.8) is 0 Å². The molecule has 0 fully saturated rings. The second-order valence-corrected chi connectivity index (χ2v) is 7.92. The molecule has 0 atom stereocenters. The Balaban J connectivity index is 1.88. The summed E-state index contributed by atoms with van der Waals surface area (Å²) >= 11 is 3.34. The van der Waals surface area contributed by atoms with E-state index in [0.717, 1.165) is 22.3 Å². The molecule has 0 aliphatic carbocycles. The van der Waals surface area contributed by atoms with Crippen LogP contribution in [-0.2, 0) is 23.0 Å². The van der Waals surface area contributed by atoms with Crippen LogP contribution in [0.2, 0.25) is 0 Å². The molecule has 0 radical (unpaired) electrons. The molecule has 2 amide bonds. The van der Waals surface area contributed by atoms with Crippen molar-refractivity contribution in [2.45, 2.75) is 23.0 Å². The van der Waals surface area contributed by atoms with E-state index >= 15 is 0 Å². The van der Waals surface area contributed by atoms with E-state index in [0.29, 0.717) is 34.1 Å². The number of fused-ring (bicyclic) bond motifs is 4. The number of carbonyl (C=O) groups excluding carboxylic acids is 2. The highest BCUT2D eigenvalue weighted by Crippen LogP contribution is 2.27. The lowest BCUT2D eigenvalue weighted by molar-refractivity contribution is 0.0702. The molecule has 8 heteroatoms. The van der Waals surface area contributed by atoms with Crippen molar-refractivity contribution in [2.75, 3.05) is 0 Å². The SMILES string of the molecule is O=C(NO)c1cc2cc(c1)CSCc1cc(cc(C(=O)NO)c1)CSC2. The van der Waals surface area contributed by atoms with Crippen LogP contribution in [0, 0.1) is 0 Å². The van der Waals surface area contributed by atoms with Crippen molar-refractivity contribution in [2.24, 2.45) is 0 Å². The quantitative estimate of drug-likeness (QED) is 0.465. The first-order chi connectivity index (χ1) is 12.6. The molecule has 26 heavy (non-hydrogen) atoms. The molecular weight excluding hydrogens is 372 g/mol. The molecule has 0 unspecified atom stereocenters. The van der Waals surface area contributed by atoms with Crippen molar-refractivity contribution >= 4 is 35.3 Å². The Kier molecular flexibility index (Phi) is 6.20. The molecule has 1 aliphatic heterocycles. The maximum Gasteiger partial charge on any atom is 0.274 e. The van der Waals surface area contributed by atoms with E-state index in [1.54, 1.807) is 58.7 Å². The van der Waals surface area contributed by atoms with Gasteiger partial charge >= 0.3 is 0 Å². The van der Waals surface area contributed by atoms with Gasteiger partial charge in [0.25, 0.3) is 11.8 Å². The van der Waals surface area contributed by atoms with Gasteiger partial charge in [0.2, 0.25) is 0 Å². The largest absolute Gasteiger partial charge is 0.288 e. The average molecular weight is 390 g/mol. The van der Waals surface area contributed by atoms with Gasteiger partial charge in [-0.15, -0.1) is 0 Å². The number of thioether (sulfide) groups is 2. The first-order valence-electron chi connectivity index (χ1n) is 7.89. The standard InChI is InChI=1S/C18H18N2O4S2/c21-17(19-23)15-3-11-1-12(4-15)8-26-10-14-2-13(9-25-7-11)5-16(6-14)18(22)20-24/h1-6,23-24H,7-10H2,(H,19,21)(H,20,22). The van der Waals surface area contributed by atoms with Crippen LogP contribution in [0.25, 0.3) is 0 Å². The number of carbonyl (C=O) groups is 2. The van der Waals surface area contributed by atoms with Gasteiger partial charge in [0.1, 0.15) is 0 Å². The first kappa shape index (κ1) is 18.8. The van der Waals surface area contributed by atoms with Crippen molar-refractivity contribution in [1.82, 2.24) is 11.0 Å². The van der Waals surface area contributed by atoms with Crippen LogP contribution in [0.3, 0.4) is 0 Å². The summed E-state index contributed by atoms with van der Waals surface area (Å²) in [6.45, 7) is 0. The summed E-state index contributed by atoms with van der Waals surface area (Å²) < 4.78 is 0. The monoisotopic (exact) mass is 390 g/mol. The Labute approximate surface area is 159 Å². The molecule has 0 spiro atoms. The van der Waals surface area contributed by atoms with Crippen LogP contribution in [0.1, 0.15) is 43.0 Å². The second-order valence-electron chi connectivity index (χ2n) is 5.94. The van der Waals surface area contributed by atoms with Crippen LogP contribution in [0.4, 0.5) is 0 Å². The molecule has 0 aromatic heterocycles. The van der Waals surface area contributed by atoms with Crippen molar-refractivity contribution in [1.29, 1.82) is 0 Å². The zero-order chi connectivity index (χ0) is 18.5. The minimum absolute atomic E-state index is 0.443. The summed E-state index contributed by atoms with van der Waals surface area (Å²) in [5.41, 5.74) is 8.30. The lowest BCUT2D eigenvalue weighted by Crippen LogP contribution is -2.19. The minimum Gasteiger partial charge on any atom is -0.288 e.